The fourth-order valence-electron chi connectivity index (χ4n) is 2.73. The molecule has 8 heteroatoms. The van der Waals surface area contributed by atoms with Gasteiger partial charge in [0.05, 0.1) is 11.9 Å². The van der Waals surface area contributed by atoms with Crippen molar-refractivity contribution in [2.24, 2.45) is 0 Å². The van der Waals surface area contributed by atoms with Crippen LogP contribution in [0.25, 0.3) is 0 Å². The van der Waals surface area contributed by atoms with Gasteiger partial charge in [0.1, 0.15) is 6.54 Å². The lowest BCUT2D eigenvalue weighted by Gasteiger charge is -2.22. The Balaban J connectivity index is 2.29. The smallest absolute Gasteiger partial charge is 0.245 e. The van der Waals surface area contributed by atoms with Gasteiger partial charge in [0, 0.05) is 11.8 Å². The number of sulfonamides is 1. The first-order valence-corrected chi connectivity index (χ1v) is 9.64. The van der Waals surface area contributed by atoms with Crippen molar-refractivity contribution in [2.75, 3.05) is 22.4 Å². The highest BCUT2D eigenvalue weighted by molar-refractivity contribution is 7.92. The fraction of sp³-hybridized carbons (Fsp3) is 0.278. The van der Waals surface area contributed by atoms with Crippen LogP contribution < -0.4 is 9.62 Å². The predicted molar refractivity (Wildman–Crippen MR) is 97.8 cm³/mol. The molecule has 140 valence electrons. The second kappa shape index (κ2) is 7.41. The Hall–Kier alpha value is -2.48. The molecule has 0 fully saturated rings. The third-order valence-corrected chi connectivity index (χ3v) is 4.96. The SMILES string of the molecule is Cc1cc(C)c(NC(=O)CN(c2ccc(F)c(F)c2)S(C)(=O)=O)c(C)c1. The molecule has 5 nitrogen and oxygen atoms in total. The minimum atomic E-state index is -3.88. The monoisotopic (exact) mass is 382 g/mol. The maximum atomic E-state index is 13.5. The Kier molecular flexibility index (Phi) is 5.65. The van der Waals surface area contributed by atoms with Crippen molar-refractivity contribution in [2.45, 2.75) is 20.8 Å². The molecule has 0 heterocycles. The molecule has 0 aromatic heterocycles. The van der Waals surface area contributed by atoms with E-state index in [1.807, 2.05) is 32.9 Å². The van der Waals surface area contributed by atoms with E-state index < -0.39 is 34.1 Å². The van der Waals surface area contributed by atoms with Crippen molar-refractivity contribution in [3.05, 3.63) is 58.7 Å². The van der Waals surface area contributed by atoms with E-state index in [2.05, 4.69) is 5.32 Å². The quantitative estimate of drug-likeness (QED) is 0.863. The highest BCUT2D eigenvalue weighted by atomic mass is 32.2. The molecule has 0 aliphatic heterocycles. The second-order valence-electron chi connectivity index (χ2n) is 6.19. The molecule has 0 atom stereocenters. The minimum Gasteiger partial charge on any atom is -0.324 e. The van der Waals surface area contributed by atoms with Gasteiger partial charge in [-0.15, -0.1) is 0 Å². The van der Waals surface area contributed by atoms with Gasteiger partial charge in [-0.1, -0.05) is 17.7 Å². The first-order valence-electron chi connectivity index (χ1n) is 7.79. The number of rotatable bonds is 5. The standard InChI is InChI=1S/C18H20F2N2O3S/c1-11-7-12(2)18(13(3)8-11)21-17(23)10-22(26(4,24)25)14-5-6-15(19)16(20)9-14/h5-9H,10H2,1-4H3,(H,21,23). The van der Waals surface area contributed by atoms with Crippen molar-refractivity contribution < 1.29 is 22.0 Å². The molecule has 1 amide bonds. The molecule has 2 rings (SSSR count). The van der Waals surface area contributed by atoms with Gasteiger partial charge >= 0.3 is 0 Å². The average molecular weight is 382 g/mol. The van der Waals surface area contributed by atoms with Crippen LogP contribution in [0.3, 0.4) is 0 Å². The zero-order valence-electron chi connectivity index (χ0n) is 14.9. The molecule has 0 radical (unpaired) electrons. The van der Waals surface area contributed by atoms with E-state index >= 15 is 0 Å². The number of hydrogen-bond donors (Lipinski definition) is 1. The summed E-state index contributed by atoms with van der Waals surface area (Å²) in [5.41, 5.74) is 3.19. The van der Waals surface area contributed by atoms with Crippen molar-refractivity contribution in [1.82, 2.24) is 0 Å². The maximum absolute atomic E-state index is 13.5. The third-order valence-electron chi connectivity index (χ3n) is 3.82. The van der Waals surface area contributed by atoms with Gasteiger partial charge in [-0.3, -0.25) is 9.10 Å². The average Bonchev–Trinajstić information content (AvgIpc) is 2.50. The molecule has 2 aromatic carbocycles. The Morgan fingerprint density at radius 3 is 2.12 bits per heavy atom. The van der Waals surface area contributed by atoms with Gasteiger partial charge in [-0.05, 0) is 44.0 Å². The third kappa shape index (κ3) is 4.57. The number of carbonyl (C=O) groups excluding carboxylic acids is 1. The van der Waals surface area contributed by atoms with Gasteiger partial charge in [0.2, 0.25) is 15.9 Å². The molecule has 0 saturated heterocycles. The Morgan fingerprint density at radius 2 is 1.62 bits per heavy atom. The highest BCUT2D eigenvalue weighted by Gasteiger charge is 2.22. The number of nitrogens with zero attached hydrogens (tertiary/aromatic N) is 1. The summed E-state index contributed by atoms with van der Waals surface area (Å²) in [6, 6.07) is 6.45. The number of amides is 1. The van der Waals surface area contributed by atoms with E-state index in [-0.39, 0.29) is 5.69 Å². The molecule has 0 aliphatic carbocycles. The van der Waals surface area contributed by atoms with Crippen molar-refractivity contribution in [1.29, 1.82) is 0 Å². The molecule has 1 N–H and O–H groups in total. The number of halogens is 2. The van der Waals surface area contributed by atoms with Gasteiger partial charge < -0.3 is 5.32 Å². The van der Waals surface area contributed by atoms with E-state index in [4.69, 9.17) is 0 Å². The van der Waals surface area contributed by atoms with Crippen LogP contribution in [0.4, 0.5) is 20.2 Å². The van der Waals surface area contributed by atoms with Crippen molar-refractivity contribution >= 4 is 27.3 Å². The molecule has 0 spiro atoms. The summed E-state index contributed by atoms with van der Waals surface area (Å²) in [7, 11) is -3.88. The second-order valence-corrected chi connectivity index (χ2v) is 8.10. The summed E-state index contributed by atoms with van der Waals surface area (Å²) in [6.07, 6.45) is 0.893. The van der Waals surface area contributed by atoms with Crippen LogP contribution in [-0.2, 0) is 14.8 Å². The summed E-state index contributed by atoms with van der Waals surface area (Å²) >= 11 is 0. The summed E-state index contributed by atoms with van der Waals surface area (Å²) in [5.74, 6) is -2.88. The van der Waals surface area contributed by atoms with Crippen LogP contribution in [0.1, 0.15) is 16.7 Å². The zero-order chi connectivity index (χ0) is 19.6. The number of carbonyl (C=O) groups is 1. The number of nitrogens with one attached hydrogen (secondary N) is 1. The van der Waals surface area contributed by atoms with Crippen molar-refractivity contribution in [3.63, 3.8) is 0 Å². The van der Waals surface area contributed by atoms with E-state index in [1.54, 1.807) is 0 Å². The number of benzene rings is 2. The molecular weight excluding hydrogens is 362 g/mol. The summed E-state index contributed by atoms with van der Waals surface area (Å²) in [4.78, 5) is 12.4. The largest absolute Gasteiger partial charge is 0.324 e. The number of hydrogen-bond acceptors (Lipinski definition) is 3. The lowest BCUT2D eigenvalue weighted by Crippen LogP contribution is -2.37. The normalized spacial score (nSPS) is 11.3. The Morgan fingerprint density at radius 1 is 1.04 bits per heavy atom. The number of anilines is 2. The summed E-state index contributed by atoms with van der Waals surface area (Å²) in [6.45, 7) is 5.04. The van der Waals surface area contributed by atoms with Crippen LogP contribution >= 0.6 is 0 Å². The van der Waals surface area contributed by atoms with E-state index in [0.29, 0.717) is 5.69 Å². The lowest BCUT2D eigenvalue weighted by molar-refractivity contribution is -0.114. The highest BCUT2D eigenvalue weighted by Crippen LogP contribution is 2.23. The van der Waals surface area contributed by atoms with Crippen molar-refractivity contribution in [3.8, 4) is 0 Å². The first kappa shape index (κ1) is 19.8. The minimum absolute atomic E-state index is 0.126. The van der Waals surface area contributed by atoms with Crippen LogP contribution in [0.2, 0.25) is 0 Å². The first-order chi connectivity index (χ1) is 12.0. The molecule has 2 aromatic rings. The molecule has 26 heavy (non-hydrogen) atoms. The molecule has 0 unspecified atom stereocenters. The van der Waals surface area contributed by atoms with E-state index in [9.17, 15) is 22.0 Å². The van der Waals surface area contributed by atoms with Crippen LogP contribution in [0, 0.1) is 32.4 Å². The van der Waals surface area contributed by atoms with Gasteiger partial charge in [0.15, 0.2) is 11.6 Å². The summed E-state index contributed by atoms with van der Waals surface area (Å²) < 4.78 is 51.3. The van der Waals surface area contributed by atoms with E-state index in [1.165, 1.54) is 0 Å². The van der Waals surface area contributed by atoms with E-state index in [0.717, 1.165) is 45.5 Å². The maximum Gasteiger partial charge on any atom is 0.245 e. The Bertz CT molecular complexity index is 936. The van der Waals surface area contributed by atoms with Crippen LogP contribution in [0.5, 0.6) is 0 Å². The van der Waals surface area contributed by atoms with Gasteiger partial charge in [-0.2, -0.15) is 0 Å². The molecule has 0 bridgehead atoms. The molecule has 0 saturated carbocycles. The van der Waals surface area contributed by atoms with Crippen LogP contribution in [-0.4, -0.2) is 27.1 Å². The van der Waals surface area contributed by atoms with Crippen LogP contribution in [0.15, 0.2) is 30.3 Å². The zero-order valence-corrected chi connectivity index (χ0v) is 15.7. The molecular formula is C18H20F2N2O3S. The predicted octanol–water partition coefficient (Wildman–Crippen LogP) is 3.29. The van der Waals surface area contributed by atoms with Gasteiger partial charge in [0.25, 0.3) is 0 Å². The molecule has 0 aliphatic rings. The number of aryl methyl sites for hydroxylation is 3. The Labute approximate surface area is 151 Å². The fourth-order valence-corrected chi connectivity index (χ4v) is 3.58. The van der Waals surface area contributed by atoms with Gasteiger partial charge in [-0.25, -0.2) is 17.2 Å². The summed E-state index contributed by atoms with van der Waals surface area (Å²) in [5, 5.41) is 2.69. The lowest BCUT2D eigenvalue weighted by atomic mass is 10.1. The topological polar surface area (TPSA) is 66.5 Å².